The summed E-state index contributed by atoms with van der Waals surface area (Å²) in [5, 5.41) is 0. The van der Waals surface area contributed by atoms with Gasteiger partial charge in [-0.2, -0.15) is 0 Å². The lowest BCUT2D eigenvalue weighted by atomic mass is 9.97. The molecular weight excluding hydrogens is 202 g/mol. The summed E-state index contributed by atoms with van der Waals surface area (Å²) in [6.07, 6.45) is 0. The maximum atomic E-state index is 13.0. The van der Waals surface area contributed by atoms with Crippen LogP contribution in [0.2, 0.25) is 0 Å². The van der Waals surface area contributed by atoms with Gasteiger partial charge in [-0.15, -0.1) is 0 Å². The maximum absolute atomic E-state index is 13.0. The number of hydrogen-bond donors (Lipinski definition) is 0. The van der Waals surface area contributed by atoms with Gasteiger partial charge in [0.2, 0.25) is 0 Å². The molecule has 0 bridgehead atoms. The van der Waals surface area contributed by atoms with Crippen molar-refractivity contribution in [3.63, 3.8) is 0 Å². The van der Waals surface area contributed by atoms with Crippen LogP contribution in [0.4, 0.5) is 4.39 Å². The lowest BCUT2D eigenvalue weighted by molar-refractivity contribution is 0.480. The number of benzene rings is 2. The van der Waals surface area contributed by atoms with Crippen LogP contribution in [0.5, 0.6) is 11.5 Å². The third kappa shape index (κ3) is 2.43. The van der Waals surface area contributed by atoms with Crippen LogP contribution in [0.3, 0.4) is 0 Å². The Labute approximate surface area is 95.3 Å². The van der Waals surface area contributed by atoms with Gasteiger partial charge in [-0.05, 0) is 42.8 Å². The van der Waals surface area contributed by atoms with Crippen molar-refractivity contribution in [1.82, 2.24) is 0 Å². The molecule has 0 aliphatic heterocycles. The molecule has 1 nitrogen and oxygen atoms in total. The third-order valence-corrected chi connectivity index (χ3v) is 2.39. The number of aryl methyl sites for hydroxylation is 1. The molecule has 2 rings (SSSR count). The van der Waals surface area contributed by atoms with Gasteiger partial charge >= 0.3 is 0 Å². The third-order valence-electron chi connectivity index (χ3n) is 2.39. The van der Waals surface area contributed by atoms with Crippen LogP contribution in [0.25, 0.3) is 0 Å². The average Bonchev–Trinajstić information content (AvgIpc) is 2.27. The maximum Gasteiger partial charge on any atom is 0.139 e. The van der Waals surface area contributed by atoms with Gasteiger partial charge in [0.25, 0.3) is 0 Å². The normalized spacial score (nSPS) is 10.1. The van der Waals surface area contributed by atoms with Crippen LogP contribution < -0.4 is 10.2 Å². The first-order valence-corrected chi connectivity index (χ1v) is 5.16. The lowest BCUT2D eigenvalue weighted by Gasteiger charge is -2.07. The molecule has 0 radical (unpaired) electrons. The van der Waals surface area contributed by atoms with Crippen molar-refractivity contribution in [3.8, 4) is 11.5 Å². The highest BCUT2D eigenvalue weighted by Gasteiger charge is 2.01. The van der Waals surface area contributed by atoms with Crippen LogP contribution in [0, 0.1) is 12.7 Å². The Bertz CT molecular complexity index is 494. The minimum absolute atomic E-state index is 0.212. The SMILES string of the molecule is Bc1ccc(Oc2ccc(F)c(C)c2)cc1. The fraction of sp³-hybridized carbons (Fsp3) is 0.0769. The lowest BCUT2D eigenvalue weighted by Crippen LogP contribution is -1.99. The zero-order valence-electron chi connectivity index (χ0n) is 9.33. The second-order valence-electron chi connectivity index (χ2n) is 3.83. The summed E-state index contributed by atoms with van der Waals surface area (Å²) in [4.78, 5) is 0. The van der Waals surface area contributed by atoms with Gasteiger partial charge in [0.05, 0.1) is 0 Å². The molecule has 0 saturated carbocycles. The van der Waals surface area contributed by atoms with E-state index in [2.05, 4.69) is 0 Å². The molecule has 0 atom stereocenters. The molecule has 0 aliphatic carbocycles. The van der Waals surface area contributed by atoms with E-state index in [-0.39, 0.29) is 5.82 Å². The van der Waals surface area contributed by atoms with Gasteiger partial charge in [0.1, 0.15) is 25.2 Å². The Morgan fingerprint density at radius 2 is 1.62 bits per heavy atom. The van der Waals surface area contributed by atoms with Crippen LogP contribution in [-0.2, 0) is 0 Å². The van der Waals surface area contributed by atoms with E-state index in [1.54, 1.807) is 19.1 Å². The largest absolute Gasteiger partial charge is 0.457 e. The molecule has 0 fully saturated rings. The van der Waals surface area contributed by atoms with Crippen molar-refractivity contribution in [2.24, 2.45) is 0 Å². The molecule has 80 valence electrons. The summed E-state index contributed by atoms with van der Waals surface area (Å²) in [5.41, 5.74) is 1.77. The van der Waals surface area contributed by atoms with Crippen LogP contribution in [0.1, 0.15) is 5.56 Å². The summed E-state index contributed by atoms with van der Waals surface area (Å²) in [6, 6.07) is 12.5. The monoisotopic (exact) mass is 214 g/mol. The molecule has 0 aromatic heterocycles. The van der Waals surface area contributed by atoms with Crippen molar-refractivity contribution in [2.75, 3.05) is 0 Å². The summed E-state index contributed by atoms with van der Waals surface area (Å²) in [5.74, 6) is 1.20. The molecule has 2 aromatic rings. The quantitative estimate of drug-likeness (QED) is 0.696. The van der Waals surface area contributed by atoms with E-state index in [1.165, 1.54) is 11.5 Å². The Morgan fingerprint density at radius 1 is 1.00 bits per heavy atom. The van der Waals surface area contributed by atoms with Gasteiger partial charge in [0, 0.05) is 0 Å². The van der Waals surface area contributed by atoms with Gasteiger partial charge in [-0.1, -0.05) is 17.6 Å². The highest BCUT2D eigenvalue weighted by atomic mass is 19.1. The molecule has 2 aromatic carbocycles. The van der Waals surface area contributed by atoms with Gasteiger partial charge in [-0.25, -0.2) is 4.39 Å². The van der Waals surface area contributed by atoms with E-state index >= 15 is 0 Å². The highest BCUT2D eigenvalue weighted by Crippen LogP contribution is 2.22. The van der Waals surface area contributed by atoms with E-state index in [4.69, 9.17) is 4.74 Å². The number of rotatable bonds is 2. The molecule has 0 heterocycles. The molecule has 0 amide bonds. The summed E-state index contributed by atoms with van der Waals surface area (Å²) in [6.45, 7) is 1.72. The zero-order valence-corrected chi connectivity index (χ0v) is 9.33. The smallest absolute Gasteiger partial charge is 0.139 e. The van der Waals surface area contributed by atoms with E-state index in [0.29, 0.717) is 11.3 Å². The van der Waals surface area contributed by atoms with Crippen molar-refractivity contribution < 1.29 is 9.13 Å². The second-order valence-corrected chi connectivity index (χ2v) is 3.83. The summed E-state index contributed by atoms with van der Waals surface area (Å²) >= 11 is 0. The van der Waals surface area contributed by atoms with Crippen molar-refractivity contribution in [1.29, 1.82) is 0 Å². The highest BCUT2D eigenvalue weighted by molar-refractivity contribution is 6.32. The first-order chi connectivity index (χ1) is 7.65. The standard InChI is InChI=1S/C13H12BFO/c1-9-8-12(6-7-13(9)15)16-11-4-2-10(14)3-5-11/h2-8H,14H2,1H3. The molecule has 0 unspecified atom stereocenters. The number of halogens is 1. The van der Waals surface area contributed by atoms with E-state index < -0.39 is 0 Å². The number of hydrogen-bond acceptors (Lipinski definition) is 1. The predicted octanol–water partition coefficient (Wildman–Crippen LogP) is 2.18. The molecule has 16 heavy (non-hydrogen) atoms. The van der Waals surface area contributed by atoms with Gasteiger partial charge < -0.3 is 4.74 Å². The first kappa shape index (κ1) is 10.7. The van der Waals surface area contributed by atoms with E-state index in [1.807, 2.05) is 32.1 Å². The Balaban J connectivity index is 2.20. The second kappa shape index (κ2) is 4.39. The first-order valence-electron chi connectivity index (χ1n) is 5.16. The topological polar surface area (TPSA) is 9.23 Å². The average molecular weight is 214 g/mol. The van der Waals surface area contributed by atoms with Gasteiger partial charge in [0.15, 0.2) is 0 Å². The predicted molar refractivity (Wildman–Crippen MR) is 65.8 cm³/mol. The Hall–Kier alpha value is -1.77. The molecule has 0 spiro atoms. The molecule has 0 aliphatic rings. The number of ether oxygens (including phenoxy) is 1. The van der Waals surface area contributed by atoms with Crippen LogP contribution in [-0.4, -0.2) is 7.85 Å². The Morgan fingerprint density at radius 3 is 2.25 bits per heavy atom. The zero-order chi connectivity index (χ0) is 11.5. The van der Waals surface area contributed by atoms with Crippen molar-refractivity contribution in [3.05, 3.63) is 53.8 Å². The minimum Gasteiger partial charge on any atom is -0.457 e. The van der Waals surface area contributed by atoms with Crippen LogP contribution >= 0.6 is 0 Å². The van der Waals surface area contributed by atoms with E-state index in [0.717, 1.165) is 5.75 Å². The fourth-order valence-electron chi connectivity index (χ4n) is 1.42. The Kier molecular flexibility index (Phi) is 2.95. The summed E-state index contributed by atoms with van der Waals surface area (Å²) in [7, 11) is 2.02. The molecular formula is C13H12BFO. The minimum atomic E-state index is -0.212. The van der Waals surface area contributed by atoms with Crippen molar-refractivity contribution in [2.45, 2.75) is 6.92 Å². The fourth-order valence-corrected chi connectivity index (χ4v) is 1.42. The van der Waals surface area contributed by atoms with E-state index in [9.17, 15) is 4.39 Å². The molecule has 0 saturated heterocycles. The molecule has 3 heteroatoms. The van der Waals surface area contributed by atoms with Crippen LogP contribution in [0.15, 0.2) is 42.5 Å². The molecule has 0 N–H and O–H groups in total. The summed E-state index contributed by atoms with van der Waals surface area (Å²) < 4.78 is 18.6. The van der Waals surface area contributed by atoms with Crippen molar-refractivity contribution >= 4 is 13.3 Å². The van der Waals surface area contributed by atoms with Gasteiger partial charge in [-0.3, -0.25) is 0 Å².